The standard InChI is InChI=1S/C34H37F3N2O5.ClH/c1-33(2,3)23-9-13-26(14-10-23)44-29(32(41)42)17-21-7-11-25(12-8-21)43-16-15-38-30-27-19-39(20-28(27)30)31(40)22-5-4-6-24(18-22)34(35,36)37;/h4-14,18,27-30,38H,15-17,19-20H2,1-3H3,(H,41,42);1H/t27-,28?,29-,30+;/m0./s1. The maximum absolute atomic E-state index is 13.0. The lowest BCUT2D eigenvalue weighted by atomic mass is 9.87. The highest BCUT2D eigenvalue weighted by Gasteiger charge is 2.56. The summed E-state index contributed by atoms with van der Waals surface area (Å²) in [6.07, 6.45) is -5.31. The first kappa shape index (κ1) is 34.1. The van der Waals surface area contributed by atoms with Crippen LogP contribution in [0.4, 0.5) is 13.2 Å². The van der Waals surface area contributed by atoms with Crippen molar-refractivity contribution in [1.82, 2.24) is 10.2 Å². The number of nitrogens with one attached hydrogen (secondary N) is 1. The van der Waals surface area contributed by atoms with Crippen molar-refractivity contribution in [3.05, 3.63) is 95.1 Å². The molecule has 4 atom stereocenters. The Morgan fingerprint density at radius 3 is 2.13 bits per heavy atom. The number of aliphatic carboxylic acids is 1. The molecule has 1 heterocycles. The number of carbonyl (C=O) groups is 2. The molecular weight excluding hydrogens is 609 g/mol. The number of carboxylic acids is 1. The van der Waals surface area contributed by atoms with Crippen molar-refractivity contribution in [2.75, 3.05) is 26.2 Å². The summed E-state index contributed by atoms with van der Waals surface area (Å²) >= 11 is 0. The lowest BCUT2D eigenvalue weighted by molar-refractivity contribution is -0.145. The molecule has 242 valence electrons. The highest BCUT2D eigenvalue weighted by Crippen LogP contribution is 2.45. The quantitative estimate of drug-likeness (QED) is 0.240. The van der Waals surface area contributed by atoms with E-state index in [1.54, 1.807) is 29.2 Å². The van der Waals surface area contributed by atoms with Crippen molar-refractivity contribution in [3.8, 4) is 11.5 Å². The maximum atomic E-state index is 13.0. The van der Waals surface area contributed by atoms with E-state index >= 15 is 0 Å². The highest BCUT2D eigenvalue weighted by atomic mass is 35.5. The van der Waals surface area contributed by atoms with Crippen molar-refractivity contribution in [1.29, 1.82) is 0 Å². The predicted octanol–water partition coefficient (Wildman–Crippen LogP) is 6.24. The van der Waals surface area contributed by atoms with Gasteiger partial charge in [-0.1, -0.05) is 51.1 Å². The molecular formula is C34H38ClF3N2O5. The number of halogens is 4. The van der Waals surface area contributed by atoms with E-state index in [-0.39, 0.29) is 53.6 Å². The molecule has 3 aromatic carbocycles. The first-order chi connectivity index (χ1) is 20.8. The van der Waals surface area contributed by atoms with E-state index < -0.39 is 23.8 Å². The average Bonchev–Trinajstić information content (AvgIpc) is 3.42. The minimum atomic E-state index is -4.49. The van der Waals surface area contributed by atoms with Crippen molar-refractivity contribution in [2.24, 2.45) is 11.8 Å². The Bertz CT molecular complexity index is 1460. The number of alkyl halides is 3. The van der Waals surface area contributed by atoms with E-state index in [4.69, 9.17) is 9.47 Å². The van der Waals surface area contributed by atoms with E-state index in [1.807, 2.05) is 24.3 Å². The summed E-state index contributed by atoms with van der Waals surface area (Å²) < 4.78 is 50.6. The number of rotatable bonds is 11. The Hall–Kier alpha value is -3.76. The smallest absolute Gasteiger partial charge is 0.416 e. The van der Waals surface area contributed by atoms with Crippen molar-refractivity contribution in [3.63, 3.8) is 0 Å². The SMILES string of the molecule is CC(C)(C)c1ccc(O[C@@H](Cc2ccc(OCCN[C@H]3C4CN(C(=O)c5cccc(C(F)(F)F)c5)C[C@@H]43)cc2)C(=O)O)cc1.Cl. The number of piperidine rings is 1. The van der Waals surface area contributed by atoms with Gasteiger partial charge < -0.3 is 24.8 Å². The molecule has 1 unspecified atom stereocenters. The Balaban J connectivity index is 0.00000461. The van der Waals surface area contributed by atoms with Gasteiger partial charge in [-0.05, 0) is 70.8 Å². The molecule has 0 bridgehead atoms. The van der Waals surface area contributed by atoms with Gasteiger partial charge in [0.1, 0.15) is 18.1 Å². The summed E-state index contributed by atoms with van der Waals surface area (Å²) in [5.74, 6) is 0.325. The molecule has 0 radical (unpaired) electrons. The molecule has 1 aliphatic carbocycles. The zero-order chi connectivity index (χ0) is 31.6. The summed E-state index contributed by atoms with van der Waals surface area (Å²) in [5.41, 5.74) is 1.18. The van der Waals surface area contributed by atoms with Crippen molar-refractivity contribution >= 4 is 24.3 Å². The second-order valence-electron chi connectivity index (χ2n) is 12.5. The molecule has 1 amide bonds. The molecule has 2 N–H and O–H groups in total. The van der Waals surface area contributed by atoms with Crippen LogP contribution in [0.5, 0.6) is 11.5 Å². The minimum Gasteiger partial charge on any atom is -0.492 e. The van der Waals surface area contributed by atoms with Gasteiger partial charge in [-0.2, -0.15) is 13.2 Å². The molecule has 11 heteroatoms. The van der Waals surface area contributed by atoms with Gasteiger partial charge in [0.2, 0.25) is 0 Å². The van der Waals surface area contributed by atoms with Gasteiger partial charge in [0.15, 0.2) is 6.10 Å². The Morgan fingerprint density at radius 2 is 1.56 bits per heavy atom. The first-order valence-corrected chi connectivity index (χ1v) is 14.7. The second-order valence-corrected chi connectivity index (χ2v) is 12.5. The molecule has 1 aliphatic heterocycles. The number of likely N-dealkylation sites (tertiary alicyclic amines) is 1. The van der Waals surface area contributed by atoms with Gasteiger partial charge in [-0.25, -0.2) is 4.79 Å². The van der Waals surface area contributed by atoms with E-state index in [0.717, 1.165) is 23.3 Å². The number of fused-ring (bicyclic) bond motifs is 1. The topological polar surface area (TPSA) is 88.1 Å². The van der Waals surface area contributed by atoms with E-state index in [2.05, 4.69) is 26.1 Å². The Kier molecular flexibility index (Phi) is 10.4. The number of nitrogens with zero attached hydrogens (tertiary/aromatic N) is 1. The Labute approximate surface area is 267 Å². The van der Waals surface area contributed by atoms with Crippen LogP contribution in [0.1, 0.15) is 47.8 Å². The van der Waals surface area contributed by atoms with Crippen LogP contribution in [0.2, 0.25) is 0 Å². The average molecular weight is 647 g/mol. The normalized spacial score (nSPS) is 19.7. The molecule has 5 rings (SSSR count). The van der Waals surface area contributed by atoms with E-state index in [9.17, 15) is 27.9 Å². The van der Waals surface area contributed by atoms with Crippen molar-refractivity contribution in [2.45, 2.75) is 50.9 Å². The summed E-state index contributed by atoms with van der Waals surface area (Å²) in [6, 6.07) is 19.6. The zero-order valence-electron chi connectivity index (χ0n) is 25.3. The van der Waals surface area contributed by atoms with Crippen LogP contribution in [0.3, 0.4) is 0 Å². The molecule has 45 heavy (non-hydrogen) atoms. The van der Waals surface area contributed by atoms with Gasteiger partial charge in [-0.3, -0.25) is 4.79 Å². The van der Waals surface area contributed by atoms with Gasteiger partial charge in [0.05, 0.1) is 5.56 Å². The number of amides is 1. The van der Waals surface area contributed by atoms with Crippen LogP contribution in [-0.4, -0.2) is 60.3 Å². The van der Waals surface area contributed by atoms with E-state index in [0.29, 0.717) is 37.7 Å². The molecule has 1 saturated carbocycles. The fourth-order valence-corrected chi connectivity index (χ4v) is 5.71. The number of carbonyl (C=O) groups excluding carboxylic acids is 1. The third-order valence-corrected chi connectivity index (χ3v) is 8.29. The zero-order valence-corrected chi connectivity index (χ0v) is 26.2. The maximum Gasteiger partial charge on any atom is 0.416 e. The molecule has 0 spiro atoms. The van der Waals surface area contributed by atoms with Crippen LogP contribution in [0.15, 0.2) is 72.8 Å². The lowest BCUT2D eigenvalue weighted by Gasteiger charge is -2.21. The number of ether oxygens (including phenoxy) is 2. The molecule has 1 saturated heterocycles. The molecule has 0 aromatic heterocycles. The highest BCUT2D eigenvalue weighted by molar-refractivity contribution is 5.94. The van der Waals surface area contributed by atoms with Gasteiger partial charge in [-0.15, -0.1) is 12.4 Å². The third-order valence-electron chi connectivity index (χ3n) is 8.29. The van der Waals surface area contributed by atoms with Gasteiger partial charge >= 0.3 is 12.1 Å². The largest absolute Gasteiger partial charge is 0.492 e. The number of hydrogen-bond donors (Lipinski definition) is 2. The number of hydrogen-bond acceptors (Lipinski definition) is 5. The summed E-state index contributed by atoms with van der Waals surface area (Å²) in [6.45, 7) is 8.39. The fraction of sp³-hybridized carbons (Fsp3) is 0.412. The van der Waals surface area contributed by atoms with Gasteiger partial charge in [0.25, 0.3) is 5.91 Å². The van der Waals surface area contributed by atoms with Crippen LogP contribution < -0.4 is 14.8 Å². The summed E-state index contributed by atoms with van der Waals surface area (Å²) in [7, 11) is 0. The van der Waals surface area contributed by atoms with E-state index in [1.165, 1.54) is 12.1 Å². The molecule has 2 aliphatic rings. The number of carboxylic acid groups (broad SMARTS) is 1. The molecule has 2 fully saturated rings. The first-order valence-electron chi connectivity index (χ1n) is 14.7. The summed E-state index contributed by atoms with van der Waals surface area (Å²) in [4.78, 5) is 26.2. The molecule has 7 nitrogen and oxygen atoms in total. The third kappa shape index (κ3) is 8.49. The second kappa shape index (κ2) is 13.7. The lowest BCUT2D eigenvalue weighted by Crippen LogP contribution is -2.36. The monoisotopic (exact) mass is 646 g/mol. The van der Waals surface area contributed by atoms with Crippen LogP contribution in [0.25, 0.3) is 0 Å². The fourth-order valence-electron chi connectivity index (χ4n) is 5.71. The minimum absolute atomic E-state index is 0. The molecule has 3 aromatic rings. The number of benzene rings is 3. The predicted molar refractivity (Wildman–Crippen MR) is 166 cm³/mol. The Morgan fingerprint density at radius 1 is 0.933 bits per heavy atom. The van der Waals surface area contributed by atoms with Crippen molar-refractivity contribution < 1.29 is 37.3 Å². The van der Waals surface area contributed by atoms with Gasteiger partial charge in [0, 0.05) is 37.7 Å². The van der Waals surface area contributed by atoms with Crippen LogP contribution in [-0.2, 0) is 22.8 Å². The van der Waals surface area contributed by atoms with Crippen LogP contribution in [0, 0.1) is 11.8 Å². The summed E-state index contributed by atoms with van der Waals surface area (Å²) in [5, 5.41) is 13.2. The van der Waals surface area contributed by atoms with Crippen LogP contribution >= 0.6 is 12.4 Å².